The molecule has 6 saturated carbocycles. The minimum absolute atomic E-state index is 0.0108. The number of aliphatic hydroxyl groups is 2. The smallest absolute Gasteiger partial charge is 0.460 e. The Bertz CT molecular complexity index is 2510. The van der Waals surface area contributed by atoms with Crippen molar-refractivity contribution in [3.63, 3.8) is 0 Å². The monoisotopic (exact) mass is 1100 g/mol. The number of quaternary nitrogens is 1. The van der Waals surface area contributed by atoms with E-state index in [0.29, 0.717) is 68.2 Å². The van der Waals surface area contributed by atoms with E-state index in [2.05, 4.69) is 26.1 Å². The zero-order chi connectivity index (χ0) is 56.5. The van der Waals surface area contributed by atoms with Crippen molar-refractivity contribution in [2.75, 3.05) is 26.4 Å². The molecule has 2 aliphatic heterocycles. The van der Waals surface area contributed by atoms with Gasteiger partial charge in [0.2, 0.25) is 6.79 Å². The van der Waals surface area contributed by atoms with E-state index in [1.54, 1.807) is 62.4 Å². The summed E-state index contributed by atoms with van der Waals surface area (Å²) in [6.07, 6.45) is 8.86. The predicted octanol–water partition coefficient (Wildman–Crippen LogP) is 10.5. The third-order valence-electron chi connectivity index (χ3n) is 22.3. The SMILES string of the molecule is CC(CNC(=O)O[C@@H]1CC[C@@]2(C)C(C1)C[C@@H](O)C1C2C[C@H](O)[C@@]2(C)C1CCC2[C@H](C)CCC(=O)OC(C)(C)C)CC(C)(C)C(=O)OCOC(=O)OC(C(=O)OC1CC2C13CCC3[N+]21CCCC1)(c1ccccc1)c1ccccc1. The molecule has 8 fully saturated rings. The predicted molar refractivity (Wildman–Crippen MR) is 293 cm³/mol. The quantitative estimate of drug-likeness (QED) is 0.0587. The van der Waals surface area contributed by atoms with Gasteiger partial charge in [-0.2, -0.15) is 0 Å². The van der Waals surface area contributed by atoms with Crippen LogP contribution in [0.2, 0.25) is 0 Å². The Balaban J connectivity index is 0.687. The van der Waals surface area contributed by atoms with Crippen LogP contribution >= 0.6 is 0 Å². The largest absolute Gasteiger partial charge is 0.513 e. The van der Waals surface area contributed by atoms with Crippen LogP contribution in [-0.4, -0.2) is 113 Å². The van der Waals surface area contributed by atoms with Crippen LogP contribution in [0.15, 0.2) is 60.7 Å². The number of nitrogens with one attached hydrogen (secondary N) is 1. The molecular weight excluding hydrogens is 1000 g/mol. The van der Waals surface area contributed by atoms with E-state index >= 15 is 0 Å². The number of carbonyl (C=O) groups is 5. The maximum atomic E-state index is 14.8. The Labute approximate surface area is 468 Å². The van der Waals surface area contributed by atoms with Crippen molar-refractivity contribution in [1.29, 1.82) is 0 Å². The van der Waals surface area contributed by atoms with Crippen LogP contribution in [0.1, 0.15) is 170 Å². The van der Waals surface area contributed by atoms with Gasteiger partial charge in [0.25, 0.3) is 5.60 Å². The maximum absolute atomic E-state index is 14.8. The van der Waals surface area contributed by atoms with Crippen molar-refractivity contribution >= 4 is 30.2 Å². The molecule has 2 aromatic rings. The fraction of sp³-hybridized carbons (Fsp3) is 0.734. The molecule has 0 bridgehead atoms. The molecule has 2 heterocycles. The number of hydrogen-bond donors (Lipinski definition) is 3. The minimum Gasteiger partial charge on any atom is -0.460 e. The van der Waals surface area contributed by atoms with E-state index in [0.717, 1.165) is 38.5 Å². The number of hydrogen-bond acceptors (Lipinski definition) is 13. The minimum atomic E-state index is -1.99. The molecule has 8 aliphatic rings. The zero-order valence-electron chi connectivity index (χ0n) is 48.5. The van der Waals surface area contributed by atoms with E-state index in [9.17, 15) is 34.2 Å². The van der Waals surface area contributed by atoms with Crippen LogP contribution in [0.4, 0.5) is 9.59 Å². The van der Waals surface area contributed by atoms with Crippen molar-refractivity contribution in [3.05, 3.63) is 71.8 Å². The third kappa shape index (κ3) is 10.1. The van der Waals surface area contributed by atoms with Gasteiger partial charge in [0.1, 0.15) is 35.3 Å². The van der Waals surface area contributed by atoms with Gasteiger partial charge in [-0.05, 0) is 151 Å². The molecule has 434 valence electrons. The normalized spacial score (nSPS) is 35.6. The molecular formula is C64H91N2O13+. The highest BCUT2D eigenvalue weighted by molar-refractivity contribution is 5.88. The first-order valence-electron chi connectivity index (χ1n) is 30.1. The first-order chi connectivity index (χ1) is 37.4. The Morgan fingerprint density at radius 1 is 0.747 bits per heavy atom. The Morgan fingerprint density at radius 3 is 2.04 bits per heavy atom. The van der Waals surface area contributed by atoms with Crippen molar-refractivity contribution in [2.24, 2.45) is 63.1 Å². The summed E-state index contributed by atoms with van der Waals surface area (Å²) < 4.78 is 36.4. The Morgan fingerprint density at radius 2 is 1.42 bits per heavy atom. The molecule has 2 aromatic carbocycles. The molecule has 0 aromatic heterocycles. The fourth-order valence-corrected chi connectivity index (χ4v) is 18.6. The number of benzene rings is 2. The van der Waals surface area contributed by atoms with Gasteiger partial charge in [0, 0.05) is 49.8 Å². The highest BCUT2D eigenvalue weighted by atomic mass is 16.8. The Kier molecular flexibility index (Phi) is 15.7. The first-order valence-corrected chi connectivity index (χ1v) is 30.1. The van der Waals surface area contributed by atoms with E-state index < -0.39 is 59.8 Å². The lowest BCUT2D eigenvalue weighted by Crippen LogP contribution is -2.94. The molecule has 1 amide bonds. The summed E-state index contributed by atoms with van der Waals surface area (Å²) in [5, 5.41) is 27.1. The molecule has 2 spiro atoms. The summed E-state index contributed by atoms with van der Waals surface area (Å²) in [6, 6.07) is 18.7. The van der Waals surface area contributed by atoms with E-state index in [1.807, 2.05) is 39.8 Å². The lowest BCUT2D eigenvalue weighted by atomic mass is 9.39. The number of rotatable bonds is 17. The molecule has 15 heteroatoms. The highest BCUT2D eigenvalue weighted by Crippen LogP contribution is 2.74. The summed E-state index contributed by atoms with van der Waals surface area (Å²) in [5.74, 6) is -0.639. The number of carbonyl (C=O) groups excluding carboxylic acids is 5. The van der Waals surface area contributed by atoms with Crippen LogP contribution < -0.4 is 5.32 Å². The van der Waals surface area contributed by atoms with Crippen LogP contribution in [0.3, 0.4) is 0 Å². The number of nitrogens with zero attached hydrogens (tertiary/aromatic N) is 1. The van der Waals surface area contributed by atoms with Gasteiger partial charge in [0.15, 0.2) is 0 Å². The van der Waals surface area contributed by atoms with Gasteiger partial charge in [0.05, 0.1) is 30.7 Å². The number of alkyl carbamates (subject to hydrolysis) is 1. The summed E-state index contributed by atoms with van der Waals surface area (Å²) >= 11 is 0. The van der Waals surface area contributed by atoms with Crippen molar-refractivity contribution in [3.8, 4) is 0 Å². The number of piperidine rings is 2. The maximum Gasteiger partial charge on any atom is 0.513 e. The second kappa shape index (κ2) is 21.5. The van der Waals surface area contributed by atoms with Crippen LogP contribution in [0.5, 0.6) is 0 Å². The van der Waals surface area contributed by atoms with Gasteiger partial charge in [-0.25, -0.2) is 14.4 Å². The van der Waals surface area contributed by atoms with Gasteiger partial charge in [-0.1, -0.05) is 88.4 Å². The van der Waals surface area contributed by atoms with Gasteiger partial charge in [-0.3, -0.25) is 9.59 Å². The fourth-order valence-electron chi connectivity index (χ4n) is 18.6. The lowest BCUT2D eigenvalue weighted by molar-refractivity contribution is -1.05. The van der Waals surface area contributed by atoms with Crippen LogP contribution in [0.25, 0.3) is 0 Å². The lowest BCUT2D eigenvalue weighted by Gasteiger charge is -2.80. The summed E-state index contributed by atoms with van der Waals surface area (Å²) in [7, 11) is 0. The van der Waals surface area contributed by atoms with Crippen LogP contribution in [-0.2, 0) is 48.4 Å². The number of amides is 1. The molecule has 79 heavy (non-hydrogen) atoms. The van der Waals surface area contributed by atoms with Gasteiger partial charge in [-0.15, -0.1) is 0 Å². The molecule has 2 saturated heterocycles. The molecule has 16 atom stereocenters. The third-order valence-corrected chi connectivity index (χ3v) is 22.3. The molecule has 10 unspecified atom stereocenters. The number of ether oxygens (including phenoxy) is 6. The van der Waals surface area contributed by atoms with Crippen molar-refractivity contribution in [1.82, 2.24) is 5.32 Å². The molecule has 3 N–H and O–H groups in total. The summed E-state index contributed by atoms with van der Waals surface area (Å²) in [5.41, 5.74) is -3.22. The zero-order valence-corrected chi connectivity index (χ0v) is 48.5. The molecule has 10 rings (SSSR count). The van der Waals surface area contributed by atoms with Crippen molar-refractivity contribution in [2.45, 2.75) is 206 Å². The van der Waals surface area contributed by atoms with E-state index in [1.165, 1.54) is 30.4 Å². The van der Waals surface area contributed by atoms with Crippen molar-refractivity contribution < 1.29 is 67.1 Å². The highest BCUT2D eigenvalue weighted by Gasteiger charge is 2.86. The number of esters is 3. The van der Waals surface area contributed by atoms with Gasteiger partial charge < -0.3 is 48.4 Å². The van der Waals surface area contributed by atoms with E-state index in [4.69, 9.17) is 28.4 Å². The van der Waals surface area contributed by atoms with Crippen LogP contribution in [0, 0.1) is 63.1 Å². The first kappa shape index (κ1) is 57.5. The molecule has 15 nitrogen and oxygen atoms in total. The number of fused-ring (bicyclic) bond motifs is 7. The topological polar surface area (TPSA) is 193 Å². The molecule has 0 radical (unpaired) electrons. The number of aliphatic hydroxyl groups excluding tert-OH is 2. The second-order valence-electron chi connectivity index (χ2n) is 28.1. The molecule has 6 aliphatic carbocycles. The second-order valence-corrected chi connectivity index (χ2v) is 28.1. The summed E-state index contributed by atoms with van der Waals surface area (Å²) in [4.78, 5) is 68.1. The van der Waals surface area contributed by atoms with E-state index in [-0.39, 0.29) is 82.4 Å². The standard InChI is InChI=1S/C64H90N2O13/c1-39(37-65-57(72)76-44-26-28-61(8)43(32-44)33-48(67)54-46-24-23-45(62(46,9)51(68)34-47(54)61)40(2)22-25-53(69)78-59(3,4)5)36-60(6,7)55(70)74-38-75-58(73)79-64(41-18-12-10-13-19-41,42-20-14-11-15-21-42)56(71)77-52-35-50-63(52)29-27-49(63)66(50)30-16-17-31-66/h10-15,18-21,39-40,43-52,54,67-68H,16-17,22-38H2,1-9H3/p+1/t39?,40-,43?,44-,45?,46?,47?,48-,49?,50?,51+,52?,54?,61+,62-,63?/m1/s1. The average molecular weight is 1100 g/mol. The van der Waals surface area contributed by atoms with Gasteiger partial charge >= 0.3 is 30.2 Å². The Hall–Kier alpha value is -4.73. The average Bonchev–Trinajstić information content (AvgIpc) is 3.62. The summed E-state index contributed by atoms with van der Waals surface area (Å²) in [6.45, 7) is 19.7.